The number of carboxylic acid groups (broad SMARTS) is 1. The third-order valence-corrected chi connectivity index (χ3v) is 2.62. The van der Waals surface area contributed by atoms with Gasteiger partial charge in [-0.05, 0) is 29.3 Å². The number of nitrogens with zero attached hydrogens (tertiary/aromatic N) is 2. The number of hydrogen-bond acceptors (Lipinski definition) is 3. The second-order valence-corrected chi connectivity index (χ2v) is 3.82. The fourth-order valence-electron chi connectivity index (χ4n) is 1.33. The van der Waals surface area contributed by atoms with Gasteiger partial charge in [0.2, 0.25) is 0 Å². The Morgan fingerprint density at radius 3 is 2.67 bits per heavy atom. The molecule has 0 saturated heterocycles. The predicted molar refractivity (Wildman–Crippen MR) is 57.9 cm³/mol. The van der Waals surface area contributed by atoms with Gasteiger partial charge in [0.05, 0.1) is 5.69 Å². The molecule has 0 atom stereocenters. The highest BCUT2D eigenvalue weighted by molar-refractivity contribution is 9.10. The number of aryl methyl sites for hydroxylation is 1. The molecule has 0 aliphatic heterocycles. The average Bonchev–Trinajstić information content (AvgIpc) is 2.18. The van der Waals surface area contributed by atoms with Crippen LogP contribution in [0.1, 0.15) is 18.3 Å². The Morgan fingerprint density at radius 2 is 2.20 bits per heavy atom. The van der Waals surface area contributed by atoms with Crippen molar-refractivity contribution in [2.75, 3.05) is 0 Å². The van der Waals surface area contributed by atoms with Gasteiger partial charge in [0.25, 0.3) is 5.56 Å². The molecule has 0 amide bonds. The quantitative estimate of drug-likeness (QED) is 0.891. The second-order valence-electron chi connectivity index (χ2n) is 3.07. The summed E-state index contributed by atoms with van der Waals surface area (Å²) in [5, 5.41) is 8.67. The van der Waals surface area contributed by atoms with Crippen molar-refractivity contribution < 1.29 is 9.90 Å². The Labute approximate surface area is 94.9 Å². The zero-order valence-electron chi connectivity index (χ0n) is 8.45. The van der Waals surface area contributed by atoms with Gasteiger partial charge >= 0.3 is 5.97 Å². The number of aliphatic carboxylic acids is 1. The van der Waals surface area contributed by atoms with Crippen LogP contribution in [0.25, 0.3) is 0 Å². The maximum Gasteiger partial charge on any atom is 0.323 e. The number of halogens is 1. The first kappa shape index (κ1) is 11.9. The molecule has 0 aliphatic carbocycles. The number of carboxylic acids is 1. The molecule has 0 radical (unpaired) electrons. The van der Waals surface area contributed by atoms with Crippen LogP contribution in [0.2, 0.25) is 0 Å². The SMILES string of the molecule is CCc1nc(Br)c(=O)n(CC(=O)O)c1C. The minimum atomic E-state index is -1.04. The van der Waals surface area contributed by atoms with Gasteiger partial charge in [-0.1, -0.05) is 6.92 Å². The third-order valence-electron chi connectivity index (χ3n) is 2.11. The summed E-state index contributed by atoms with van der Waals surface area (Å²) in [6, 6.07) is 0. The van der Waals surface area contributed by atoms with Gasteiger partial charge in [0, 0.05) is 5.69 Å². The van der Waals surface area contributed by atoms with Crippen LogP contribution in [-0.2, 0) is 17.8 Å². The van der Waals surface area contributed by atoms with E-state index in [4.69, 9.17) is 5.11 Å². The monoisotopic (exact) mass is 274 g/mol. The molecular formula is C9H11BrN2O3. The summed E-state index contributed by atoms with van der Waals surface area (Å²) in [6.07, 6.45) is 0.657. The van der Waals surface area contributed by atoms with E-state index in [9.17, 15) is 9.59 Å². The predicted octanol–water partition coefficient (Wildman–Crippen LogP) is 0.961. The van der Waals surface area contributed by atoms with Crippen LogP contribution in [0.3, 0.4) is 0 Å². The number of carbonyl (C=O) groups is 1. The van der Waals surface area contributed by atoms with Crippen molar-refractivity contribution in [2.24, 2.45) is 0 Å². The van der Waals surface area contributed by atoms with E-state index >= 15 is 0 Å². The summed E-state index contributed by atoms with van der Waals surface area (Å²) in [5.74, 6) is -1.04. The van der Waals surface area contributed by atoms with Gasteiger partial charge < -0.3 is 5.11 Å². The summed E-state index contributed by atoms with van der Waals surface area (Å²) in [4.78, 5) is 26.2. The Kier molecular flexibility index (Phi) is 3.62. The molecule has 1 heterocycles. The Morgan fingerprint density at radius 1 is 1.60 bits per heavy atom. The number of aromatic nitrogens is 2. The minimum Gasteiger partial charge on any atom is -0.480 e. The maximum absolute atomic E-state index is 11.6. The molecule has 0 spiro atoms. The van der Waals surface area contributed by atoms with E-state index in [0.717, 1.165) is 5.69 Å². The molecule has 0 aliphatic rings. The fraction of sp³-hybridized carbons (Fsp3) is 0.444. The van der Waals surface area contributed by atoms with E-state index in [2.05, 4.69) is 20.9 Å². The first-order valence-electron chi connectivity index (χ1n) is 4.45. The largest absolute Gasteiger partial charge is 0.480 e. The summed E-state index contributed by atoms with van der Waals surface area (Å²) in [5.41, 5.74) is 0.919. The molecule has 0 fully saturated rings. The molecule has 0 bridgehead atoms. The highest BCUT2D eigenvalue weighted by Crippen LogP contribution is 2.08. The Hall–Kier alpha value is -1.17. The van der Waals surface area contributed by atoms with Gasteiger partial charge in [-0.15, -0.1) is 0 Å². The van der Waals surface area contributed by atoms with Crippen LogP contribution in [0.5, 0.6) is 0 Å². The summed E-state index contributed by atoms with van der Waals surface area (Å²) >= 11 is 3.02. The van der Waals surface area contributed by atoms with Gasteiger partial charge in [-0.25, -0.2) is 4.98 Å². The van der Waals surface area contributed by atoms with Crippen LogP contribution < -0.4 is 5.56 Å². The van der Waals surface area contributed by atoms with E-state index < -0.39 is 11.5 Å². The summed E-state index contributed by atoms with van der Waals surface area (Å²) in [6.45, 7) is 3.26. The van der Waals surface area contributed by atoms with Crippen molar-refractivity contribution in [1.29, 1.82) is 0 Å². The molecule has 5 nitrogen and oxygen atoms in total. The van der Waals surface area contributed by atoms with Crippen molar-refractivity contribution in [1.82, 2.24) is 9.55 Å². The van der Waals surface area contributed by atoms with Gasteiger partial charge in [0.1, 0.15) is 6.54 Å². The molecule has 0 aromatic carbocycles. The lowest BCUT2D eigenvalue weighted by molar-refractivity contribution is -0.137. The molecule has 0 saturated carbocycles. The van der Waals surface area contributed by atoms with Crippen LogP contribution >= 0.6 is 15.9 Å². The minimum absolute atomic E-state index is 0.159. The van der Waals surface area contributed by atoms with Gasteiger partial charge in [0.15, 0.2) is 4.60 Å². The van der Waals surface area contributed by atoms with Crippen LogP contribution in [0, 0.1) is 6.92 Å². The van der Waals surface area contributed by atoms with Crippen LogP contribution in [-0.4, -0.2) is 20.6 Å². The highest BCUT2D eigenvalue weighted by atomic mass is 79.9. The standard InChI is InChI=1S/C9H11BrN2O3/c1-3-6-5(2)12(4-7(13)14)9(15)8(10)11-6/h3-4H2,1-2H3,(H,13,14). The molecular weight excluding hydrogens is 264 g/mol. The summed E-state index contributed by atoms with van der Waals surface area (Å²) in [7, 11) is 0. The molecule has 1 rings (SSSR count). The summed E-state index contributed by atoms with van der Waals surface area (Å²) < 4.78 is 1.37. The Balaban J connectivity index is 3.40. The Bertz CT molecular complexity index is 453. The normalized spacial score (nSPS) is 10.3. The number of rotatable bonds is 3. The lowest BCUT2D eigenvalue weighted by Gasteiger charge is -2.10. The van der Waals surface area contributed by atoms with Crippen molar-refractivity contribution in [3.8, 4) is 0 Å². The lowest BCUT2D eigenvalue weighted by Crippen LogP contribution is -2.29. The van der Waals surface area contributed by atoms with E-state index in [0.29, 0.717) is 12.1 Å². The lowest BCUT2D eigenvalue weighted by atomic mass is 10.2. The smallest absolute Gasteiger partial charge is 0.323 e. The van der Waals surface area contributed by atoms with Crippen LogP contribution in [0.4, 0.5) is 0 Å². The van der Waals surface area contributed by atoms with Gasteiger partial charge in [-0.2, -0.15) is 0 Å². The van der Waals surface area contributed by atoms with Crippen molar-refractivity contribution in [3.05, 3.63) is 26.3 Å². The van der Waals surface area contributed by atoms with Crippen molar-refractivity contribution >= 4 is 21.9 Å². The molecule has 6 heteroatoms. The van der Waals surface area contributed by atoms with E-state index in [1.54, 1.807) is 6.92 Å². The van der Waals surface area contributed by atoms with Crippen molar-refractivity contribution in [3.63, 3.8) is 0 Å². The molecule has 0 unspecified atom stereocenters. The second kappa shape index (κ2) is 4.57. The average molecular weight is 275 g/mol. The van der Waals surface area contributed by atoms with E-state index in [1.165, 1.54) is 4.57 Å². The van der Waals surface area contributed by atoms with Crippen molar-refractivity contribution in [2.45, 2.75) is 26.8 Å². The molecule has 15 heavy (non-hydrogen) atoms. The van der Waals surface area contributed by atoms with E-state index in [-0.39, 0.29) is 11.1 Å². The maximum atomic E-state index is 11.6. The molecule has 1 aromatic rings. The topological polar surface area (TPSA) is 72.2 Å². The van der Waals surface area contributed by atoms with E-state index in [1.807, 2.05) is 6.92 Å². The third kappa shape index (κ3) is 2.44. The first-order chi connectivity index (χ1) is 6.97. The highest BCUT2D eigenvalue weighted by Gasteiger charge is 2.12. The zero-order chi connectivity index (χ0) is 11.6. The molecule has 1 N–H and O–H groups in total. The fourth-order valence-corrected chi connectivity index (χ4v) is 1.76. The van der Waals surface area contributed by atoms with Crippen LogP contribution in [0.15, 0.2) is 9.40 Å². The number of hydrogen-bond donors (Lipinski definition) is 1. The zero-order valence-corrected chi connectivity index (χ0v) is 10.0. The molecule has 82 valence electrons. The van der Waals surface area contributed by atoms with Gasteiger partial charge in [-0.3, -0.25) is 14.2 Å². The first-order valence-corrected chi connectivity index (χ1v) is 5.24. The molecule has 1 aromatic heterocycles.